The Bertz CT molecular complexity index is 561. The first-order valence-corrected chi connectivity index (χ1v) is 6.69. The molecule has 1 unspecified atom stereocenters. The third-order valence-corrected chi connectivity index (χ3v) is 2.58. The Labute approximate surface area is 124 Å². The van der Waals surface area contributed by atoms with Gasteiger partial charge >= 0.3 is 6.09 Å². The molecule has 5 heteroatoms. The lowest BCUT2D eigenvalue weighted by Crippen LogP contribution is -2.25. The summed E-state index contributed by atoms with van der Waals surface area (Å²) in [4.78, 5) is 15.5. The standard InChI is InChI=1S/C16H20N2O3/c1-11(19)14(18-15(20)21-16(2,3)4)9-12-5-7-13(10-17)8-6-12/h5-8,11,19H,9H2,1-4H3. The van der Waals surface area contributed by atoms with E-state index in [0.29, 0.717) is 17.7 Å². The van der Waals surface area contributed by atoms with Gasteiger partial charge in [0.25, 0.3) is 0 Å². The topological polar surface area (TPSA) is 82.7 Å². The Morgan fingerprint density at radius 3 is 2.38 bits per heavy atom. The third kappa shape index (κ3) is 6.19. The SMILES string of the molecule is CC(O)C(Cc1ccc(C#N)cc1)=NC(=O)OC(C)(C)C. The largest absolute Gasteiger partial charge is 0.442 e. The lowest BCUT2D eigenvalue weighted by atomic mass is 10.0. The maximum absolute atomic E-state index is 11.7. The number of amides is 1. The lowest BCUT2D eigenvalue weighted by Gasteiger charge is -2.18. The first-order chi connectivity index (χ1) is 9.71. The number of ether oxygens (including phenoxy) is 1. The van der Waals surface area contributed by atoms with Gasteiger partial charge in [0.1, 0.15) is 5.60 Å². The molecule has 1 amide bonds. The molecule has 0 aromatic heterocycles. The predicted octanol–water partition coefficient (Wildman–Crippen LogP) is 2.86. The van der Waals surface area contributed by atoms with Crippen molar-refractivity contribution < 1.29 is 14.6 Å². The Kier molecular flexibility index (Phi) is 5.62. The van der Waals surface area contributed by atoms with Gasteiger partial charge in [-0.1, -0.05) is 12.1 Å². The second-order valence-electron chi connectivity index (χ2n) is 5.74. The summed E-state index contributed by atoms with van der Waals surface area (Å²) in [5, 5.41) is 18.5. The lowest BCUT2D eigenvalue weighted by molar-refractivity contribution is 0.0601. The fraction of sp³-hybridized carbons (Fsp3) is 0.438. The van der Waals surface area contributed by atoms with Crippen molar-refractivity contribution in [2.75, 3.05) is 0 Å². The van der Waals surface area contributed by atoms with Crippen molar-refractivity contribution in [3.63, 3.8) is 0 Å². The molecule has 1 atom stereocenters. The number of rotatable bonds is 3. The van der Waals surface area contributed by atoms with E-state index in [1.54, 1.807) is 52.0 Å². The van der Waals surface area contributed by atoms with E-state index in [9.17, 15) is 9.90 Å². The maximum Gasteiger partial charge on any atom is 0.434 e. The molecule has 0 radical (unpaired) electrons. The predicted molar refractivity (Wildman–Crippen MR) is 80.2 cm³/mol. The Morgan fingerprint density at radius 2 is 1.95 bits per heavy atom. The van der Waals surface area contributed by atoms with E-state index in [2.05, 4.69) is 4.99 Å². The van der Waals surface area contributed by atoms with Crippen LogP contribution in [0.4, 0.5) is 4.79 Å². The molecule has 0 aliphatic rings. The normalized spacial score (nSPS) is 13.4. The van der Waals surface area contributed by atoms with Crippen LogP contribution in [0.1, 0.15) is 38.8 Å². The van der Waals surface area contributed by atoms with Crippen LogP contribution in [0.15, 0.2) is 29.3 Å². The van der Waals surface area contributed by atoms with Crippen molar-refractivity contribution in [1.29, 1.82) is 5.26 Å². The van der Waals surface area contributed by atoms with Crippen molar-refractivity contribution in [2.45, 2.75) is 45.8 Å². The molecule has 1 rings (SSSR count). The van der Waals surface area contributed by atoms with Crippen LogP contribution >= 0.6 is 0 Å². The van der Waals surface area contributed by atoms with Gasteiger partial charge in [0.05, 0.1) is 23.4 Å². The summed E-state index contributed by atoms with van der Waals surface area (Å²) >= 11 is 0. The Hall–Kier alpha value is -2.19. The molecule has 0 aliphatic carbocycles. The number of carbonyl (C=O) groups is 1. The van der Waals surface area contributed by atoms with E-state index in [1.165, 1.54) is 0 Å². The molecule has 112 valence electrons. The fourth-order valence-corrected chi connectivity index (χ4v) is 1.59. The minimum atomic E-state index is -0.854. The highest BCUT2D eigenvalue weighted by molar-refractivity contribution is 5.97. The summed E-state index contributed by atoms with van der Waals surface area (Å²) in [6, 6.07) is 8.94. The summed E-state index contributed by atoms with van der Waals surface area (Å²) in [6.07, 6.45) is -1.25. The Balaban J connectivity index is 2.87. The molecule has 0 spiro atoms. The molecule has 1 aromatic carbocycles. The number of aliphatic imine (C=N–C) groups is 1. The van der Waals surface area contributed by atoms with Gasteiger partial charge in [-0.3, -0.25) is 0 Å². The van der Waals surface area contributed by atoms with Crippen LogP contribution < -0.4 is 0 Å². The molecule has 0 bridgehead atoms. The minimum absolute atomic E-state index is 0.322. The molecule has 0 saturated heterocycles. The second kappa shape index (κ2) is 7.00. The van der Waals surface area contributed by atoms with Gasteiger partial charge in [-0.25, -0.2) is 4.79 Å². The zero-order valence-electron chi connectivity index (χ0n) is 12.8. The van der Waals surface area contributed by atoms with E-state index in [0.717, 1.165) is 5.56 Å². The monoisotopic (exact) mass is 288 g/mol. The number of aliphatic hydroxyl groups is 1. The third-order valence-electron chi connectivity index (χ3n) is 2.58. The van der Waals surface area contributed by atoms with Crippen molar-refractivity contribution in [2.24, 2.45) is 4.99 Å². The quantitative estimate of drug-likeness (QED) is 0.867. The van der Waals surface area contributed by atoms with E-state index in [4.69, 9.17) is 10.00 Å². The summed E-state index contributed by atoms with van der Waals surface area (Å²) < 4.78 is 5.11. The first-order valence-electron chi connectivity index (χ1n) is 6.69. The summed E-state index contributed by atoms with van der Waals surface area (Å²) in [7, 11) is 0. The van der Waals surface area contributed by atoms with Crippen LogP contribution in [0.25, 0.3) is 0 Å². The van der Waals surface area contributed by atoms with Crippen LogP contribution in [-0.4, -0.2) is 28.6 Å². The van der Waals surface area contributed by atoms with Crippen molar-refractivity contribution in [1.82, 2.24) is 0 Å². The van der Waals surface area contributed by atoms with Crippen molar-refractivity contribution >= 4 is 11.8 Å². The zero-order chi connectivity index (χ0) is 16.0. The van der Waals surface area contributed by atoms with Gasteiger partial charge in [-0.05, 0) is 45.4 Å². The average Bonchev–Trinajstić information content (AvgIpc) is 2.36. The molecule has 5 nitrogen and oxygen atoms in total. The van der Waals surface area contributed by atoms with Crippen LogP contribution in [-0.2, 0) is 11.2 Å². The summed E-state index contributed by atoms with van der Waals surface area (Å²) in [5.41, 5.74) is 1.12. The van der Waals surface area contributed by atoms with E-state index < -0.39 is 17.8 Å². The number of carbonyl (C=O) groups excluding carboxylic acids is 1. The van der Waals surface area contributed by atoms with Gasteiger partial charge in [0.2, 0.25) is 0 Å². The second-order valence-corrected chi connectivity index (χ2v) is 5.74. The fourth-order valence-electron chi connectivity index (χ4n) is 1.59. The molecule has 0 saturated carbocycles. The maximum atomic E-state index is 11.7. The number of nitriles is 1. The summed E-state index contributed by atoms with van der Waals surface area (Å²) in [5.74, 6) is 0. The molecule has 0 heterocycles. The number of nitrogens with zero attached hydrogens (tertiary/aromatic N) is 2. The highest BCUT2D eigenvalue weighted by Crippen LogP contribution is 2.11. The Morgan fingerprint density at radius 1 is 1.38 bits per heavy atom. The van der Waals surface area contributed by atoms with Crippen LogP contribution in [0, 0.1) is 11.3 Å². The van der Waals surface area contributed by atoms with Crippen LogP contribution in [0.2, 0.25) is 0 Å². The number of hydrogen-bond donors (Lipinski definition) is 1. The number of hydrogen-bond acceptors (Lipinski definition) is 4. The minimum Gasteiger partial charge on any atom is -0.442 e. The van der Waals surface area contributed by atoms with Gasteiger partial charge in [0, 0.05) is 6.42 Å². The van der Waals surface area contributed by atoms with Gasteiger partial charge in [-0.2, -0.15) is 10.3 Å². The smallest absolute Gasteiger partial charge is 0.434 e. The molecule has 0 aliphatic heterocycles. The molecular formula is C16H20N2O3. The van der Waals surface area contributed by atoms with Crippen LogP contribution in [0.3, 0.4) is 0 Å². The first kappa shape index (κ1) is 16.9. The molecular weight excluding hydrogens is 268 g/mol. The van der Waals surface area contributed by atoms with E-state index in [-0.39, 0.29) is 0 Å². The molecule has 0 fully saturated rings. The molecule has 1 N–H and O–H groups in total. The number of benzene rings is 1. The highest BCUT2D eigenvalue weighted by Gasteiger charge is 2.18. The summed E-state index contributed by atoms with van der Waals surface area (Å²) in [6.45, 7) is 6.81. The molecule has 21 heavy (non-hydrogen) atoms. The van der Waals surface area contributed by atoms with E-state index in [1.807, 2.05) is 6.07 Å². The van der Waals surface area contributed by atoms with E-state index >= 15 is 0 Å². The van der Waals surface area contributed by atoms with Gasteiger partial charge in [-0.15, -0.1) is 0 Å². The van der Waals surface area contributed by atoms with Crippen LogP contribution in [0.5, 0.6) is 0 Å². The highest BCUT2D eigenvalue weighted by atomic mass is 16.6. The van der Waals surface area contributed by atoms with Crippen molar-refractivity contribution in [3.05, 3.63) is 35.4 Å². The van der Waals surface area contributed by atoms with Gasteiger partial charge in [0.15, 0.2) is 0 Å². The zero-order valence-corrected chi connectivity index (χ0v) is 12.8. The van der Waals surface area contributed by atoms with Gasteiger partial charge < -0.3 is 9.84 Å². The molecule has 1 aromatic rings. The van der Waals surface area contributed by atoms with Crippen molar-refractivity contribution in [3.8, 4) is 6.07 Å². The average molecular weight is 288 g/mol. The number of aliphatic hydroxyl groups excluding tert-OH is 1.